The molecule has 0 amide bonds. The topological polar surface area (TPSA) is 168 Å². The fourth-order valence-corrected chi connectivity index (χ4v) is 4.67. The molecule has 0 unspecified atom stereocenters. The van der Waals surface area contributed by atoms with Crippen molar-refractivity contribution in [3.05, 3.63) is 72.7 Å². The normalized spacial score (nSPS) is 11.9. The minimum absolute atomic E-state index is 0.0456. The van der Waals surface area contributed by atoms with Crippen LogP contribution >= 0.6 is 0 Å². The lowest BCUT2D eigenvalue weighted by Gasteiger charge is -2.07. The van der Waals surface area contributed by atoms with Gasteiger partial charge in [-0.3, -0.25) is 15.1 Å². The van der Waals surface area contributed by atoms with Gasteiger partial charge in [0.2, 0.25) is 10.0 Å². The average Bonchev–Trinajstić information content (AvgIpc) is 3.50. The molecule has 0 aliphatic rings. The molecule has 0 saturated heterocycles. The second-order valence-corrected chi connectivity index (χ2v) is 10.6. The van der Waals surface area contributed by atoms with E-state index >= 15 is 0 Å². The van der Waals surface area contributed by atoms with Crippen molar-refractivity contribution in [1.82, 2.24) is 39.8 Å². The van der Waals surface area contributed by atoms with Gasteiger partial charge in [-0.1, -0.05) is 0 Å². The summed E-state index contributed by atoms with van der Waals surface area (Å²) in [6.45, 7) is -0.0456. The first-order valence-electron chi connectivity index (χ1n) is 11.4. The monoisotopic (exact) mass is 529 g/mol. The zero-order valence-electron chi connectivity index (χ0n) is 19.9. The van der Waals surface area contributed by atoms with Gasteiger partial charge in [0, 0.05) is 48.0 Å². The van der Waals surface area contributed by atoms with Crippen molar-refractivity contribution >= 4 is 37.8 Å². The Hall–Kier alpha value is -4.75. The molecule has 6 aromatic rings. The number of nitrogen functional groups attached to an aromatic ring is 1. The van der Waals surface area contributed by atoms with E-state index in [-0.39, 0.29) is 6.54 Å². The van der Waals surface area contributed by atoms with E-state index < -0.39 is 15.8 Å². The van der Waals surface area contributed by atoms with Crippen LogP contribution < -0.4 is 10.5 Å². The minimum Gasteiger partial charge on any atom is -0.397 e. The van der Waals surface area contributed by atoms with Crippen LogP contribution in [-0.2, 0) is 16.6 Å². The van der Waals surface area contributed by atoms with Gasteiger partial charge in [0.25, 0.3) is 0 Å². The molecule has 0 fully saturated rings. The summed E-state index contributed by atoms with van der Waals surface area (Å²) in [5.41, 5.74) is 11.9. The molecule has 0 spiro atoms. The number of aromatic nitrogens is 7. The molecule has 190 valence electrons. The van der Waals surface area contributed by atoms with Crippen LogP contribution in [0.4, 0.5) is 10.1 Å². The fourth-order valence-electron chi connectivity index (χ4n) is 4.24. The van der Waals surface area contributed by atoms with E-state index in [0.717, 1.165) is 22.8 Å². The first-order valence-corrected chi connectivity index (χ1v) is 13.3. The lowest BCUT2D eigenvalue weighted by atomic mass is 10.0. The number of aromatic amines is 2. The Balaban J connectivity index is 1.43. The summed E-state index contributed by atoms with van der Waals surface area (Å²) in [4.78, 5) is 20.9. The quantitative estimate of drug-likeness (QED) is 0.254. The van der Waals surface area contributed by atoms with Gasteiger partial charge in [0.05, 0.1) is 34.6 Å². The largest absolute Gasteiger partial charge is 0.397 e. The second kappa shape index (κ2) is 8.97. The number of rotatable bonds is 6. The maximum absolute atomic E-state index is 14.5. The summed E-state index contributed by atoms with van der Waals surface area (Å²) in [5, 5.41) is 8.08. The fraction of sp³-hybridized carbons (Fsp3) is 0.0800. The first-order chi connectivity index (χ1) is 18.2. The van der Waals surface area contributed by atoms with Crippen LogP contribution in [0.15, 0.2) is 61.3 Å². The van der Waals surface area contributed by atoms with Gasteiger partial charge in [-0.2, -0.15) is 5.10 Å². The Morgan fingerprint density at radius 2 is 1.79 bits per heavy atom. The van der Waals surface area contributed by atoms with Crippen molar-refractivity contribution in [2.45, 2.75) is 6.54 Å². The number of nitrogens with zero attached hydrogens (tertiary/aromatic N) is 5. The van der Waals surface area contributed by atoms with Gasteiger partial charge >= 0.3 is 0 Å². The predicted octanol–water partition coefficient (Wildman–Crippen LogP) is 3.40. The highest BCUT2D eigenvalue weighted by Gasteiger charge is 2.17. The number of fused-ring (bicyclic) bond motifs is 2. The van der Waals surface area contributed by atoms with E-state index in [1.807, 2.05) is 12.1 Å². The number of sulfonamides is 1. The Bertz CT molecular complexity index is 1950. The molecule has 38 heavy (non-hydrogen) atoms. The number of hydrogen-bond acceptors (Lipinski definition) is 8. The summed E-state index contributed by atoms with van der Waals surface area (Å²) < 4.78 is 39.8. The van der Waals surface area contributed by atoms with Gasteiger partial charge in [0.15, 0.2) is 11.5 Å². The SMILES string of the molecule is CS(=O)(=O)NCc1cc(F)cc(-c2cncc3[nH]c(-c4n[nH]c5ncc(-c6cncc(N)c6)cc45)nc23)c1. The number of H-pyrrole nitrogens is 2. The number of hydrogen-bond donors (Lipinski definition) is 4. The average molecular weight is 530 g/mol. The van der Waals surface area contributed by atoms with E-state index in [0.29, 0.717) is 50.6 Å². The van der Waals surface area contributed by atoms with Crippen LogP contribution in [-0.4, -0.2) is 49.8 Å². The molecule has 6 rings (SSSR count). The summed E-state index contributed by atoms with van der Waals surface area (Å²) in [6, 6.07) is 8.08. The molecule has 0 aliphatic carbocycles. The summed E-state index contributed by atoms with van der Waals surface area (Å²) >= 11 is 0. The van der Waals surface area contributed by atoms with Gasteiger partial charge in [-0.25, -0.2) is 27.5 Å². The molecule has 11 nitrogen and oxygen atoms in total. The highest BCUT2D eigenvalue weighted by Crippen LogP contribution is 2.32. The maximum atomic E-state index is 14.5. The van der Waals surface area contributed by atoms with Crippen molar-refractivity contribution in [3.8, 4) is 33.8 Å². The van der Waals surface area contributed by atoms with Gasteiger partial charge in [0.1, 0.15) is 11.5 Å². The van der Waals surface area contributed by atoms with Crippen LogP contribution in [0.5, 0.6) is 0 Å². The predicted molar refractivity (Wildman–Crippen MR) is 141 cm³/mol. The van der Waals surface area contributed by atoms with Crippen LogP contribution in [0.1, 0.15) is 5.56 Å². The summed E-state index contributed by atoms with van der Waals surface area (Å²) in [5.74, 6) is -0.0333. The van der Waals surface area contributed by atoms with Gasteiger partial charge in [-0.05, 0) is 41.5 Å². The Kier molecular flexibility index (Phi) is 5.58. The number of benzene rings is 1. The summed E-state index contributed by atoms with van der Waals surface area (Å²) in [7, 11) is -3.44. The molecule has 5 N–H and O–H groups in total. The third-order valence-corrected chi connectivity index (χ3v) is 6.60. The molecular weight excluding hydrogens is 509 g/mol. The number of nitrogens with two attached hydrogens (primary N) is 1. The van der Waals surface area contributed by atoms with Crippen LogP contribution in [0.2, 0.25) is 0 Å². The molecule has 0 bridgehead atoms. The van der Waals surface area contributed by atoms with Crippen molar-refractivity contribution in [3.63, 3.8) is 0 Å². The van der Waals surface area contributed by atoms with E-state index in [9.17, 15) is 12.8 Å². The Morgan fingerprint density at radius 1 is 0.974 bits per heavy atom. The number of nitrogens with one attached hydrogen (secondary N) is 3. The molecule has 0 atom stereocenters. The third kappa shape index (κ3) is 4.55. The van der Waals surface area contributed by atoms with Crippen LogP contribution in [0, 0.1) is 5.82 Å². The molecule has 5 heterocycles. The number of pyridine rings is 3. The van der Waals surface area contributed by atoms with E-state index in [2.05, 4.69) is 34.9 Å². The van der Waals surface area contributed by atoms with Gasteiger partial charge in [-0.15, -0.1) is 0 Å². The van der Waals surface area contributed by atoms with Crippen LogP contribution in [0.25, 0.3) is 55.8 Å². The zero-order chi connectivity index (χ0) is 26.4. The molecular formula is C25H20FN9O2S. The minimum atomic E-state index is -3.44. The molecule has 13 heteroatoms. The van der Waals surface area contributed by atoms with Gasteiger partial charge < -0.3 is 10.7 Å². The number of imidazole rings is 1. The molecule has 0 aliphatic heterocycles. The smallest absolute Gasteiger partial charge is 0.209 e. The molecule has 5 aromatic heterocycles. The molecule has 1 aromatic carbocycles. The lowest BCUT2D eigenvalue weighted by molar-refractivity contribution is 0.586. The van der Waals surface area contributed by atoms with Crippen LogP contribution in [0.3, 0.4) is 0 Å². The summed E-state index contributed by atoms with van der Waals surface area (Å²) in [6.07, 6.45) is 9.25. The molecule has 0 saturated carbocycles. The van der Waals surface area contributed by atoms with Crippen molar-refractivity contribution < 1.29 is 12.8 Å². The standard InChI is InChI=1S/C25H20FN9O2S/c1-38(36,37)31-7-13-2-14(4-17(26)3-13)20-11-29-12-21-22(20)33-25(32-21)23-19-6-16(9-30-24(19)35-34-23)15-5-18(27)10-28-8-15/h2-6,8-12,31H,7,27H2,1H3,(H,32,33)(H,30,34,35). The van der Waals surface area contributed by atoms with Crippen molar-refractivity contribution in [1.29, 1.82) is 0 Å². The third-order valence-electron chi connectivity index (χ3n) is 5.93. The Morgan fingerprint density at radius 3 is 2.61 bits per heavy atom. The number of anilines is 1. The van der Waals surface area contributed by atoms with E-state index in [4.69, 9.17) is 10.7 Å². The maximum Gasteiger partial charge on any atom is 0.209 e. The molecule has 0 radical (unpaired) electrons. The van der Waals surface area contributed by atoms with Crippen molar-refractivity contribution in [2.24, 2.45) is 0 Å². The van der Waals surface area contributed by atoms with Crippen molar-refractivity contribution in [2.75, 3.05) is 12.0 Å². The zero-order valence-corrected chi connectivity index (χ0v) is 20.7. The number of halogens is 1. The Labute approximate surface area is 215 Å². The lowest BCUT2D eigenvalue weighted by Crippen LogP contribution is -2.21. The van der Waals surface area contributed by atoms with E-state index in [1.165, 1.54) is 12.1 Å². The highest BCUT2D eigenvalue weighted by atomic mass is 32.2. The van der Waals surface area contributed by atoms with E-state index in [1.54, 1.807) is 37.1 Å². The second-order valence-electron chi connectivity index (χ2n) is 8.81. The first kappa shape index (κ1) is 23.6. The highest BCUT2D eigenvalue weighted by molar-refractivity contribution is 7.88.